The number of amides is 2. The molecule has 0 aromatic rings. The van der Waals surface area contributed by atoms with Crippen molar-refractivity contribution in [3.63, 3.8) is 0 Å². The number of urea groups is 1. The molecule has 0 bridgehead atoms. The Hall–Kier alpha value is -0.770. The van der Waals surface area contributed by atoms with Crippen LogP contribution in [0.3, 0.4) is 0 Å². The molecule has 0 unspecified atom stereocenters. The van der Waals surface area contributed by atoms with Crippen molar-refractivity contribution in [1.29, 1.82) is 0 Å². The van der Waals surface area contributed by atoms with Gasteiger partial charge in [0.25, 0.3) is 0 Å². The lowest BCUT2D eigenvalue weighted by Crippen LogP contribution is -2.33. The van der Waals surface area contributed by atoms with Crippen LogP contribution in [-0.2, 0) is 0 Å². The van der Waals surface area contributed by atoms with Gasteiger partial charge < -0.3 is 5.32 Å². The summed E-state index contributed by atoms with van der Waals surface area (Å²) >= 11 is 0. The lowest BCUT2D eigenvalue weighted by Gasteiger charge is -2.01. The average Bonchev–Trinajstić information content (AvgIpc) is 2.04. The summed E-state index contributed by atoms with van der Waals surface area (Å²) in [5.74, 6) is 0. The zero-order valence-corrected chi connectivity index (χ0v) is 6.89. The predicted octanol–water partition coefficient (Wildman–Crippen LogP) is 1.26. The first-order chi connectivity index (χ1) is 5.31. The average molecular weight is 160 g/mol. The van der Waals surface area contributed by atoms with Crippen LogP contribution in [0.5, 0.6) is 0 Å². The Morgan fingerprint density at radius 3 is 2.64 bits per heavy atom. The fourth-order valence-corrected chi connectivity index (χ4v) is 0.793. The second-order valence-corrected chi connectivity index (χ2v) is 2.43. The number of hydrogen-bond donors (Lipinski definition) is 3. The van der Waals surface area contributed by atoms with Gasteiger partial charge in [0.05, 0.1) is 0 Å². The molecule has 0 aliphatic heterocycles. The predicted molar refractivity (Wildman–Crippen MR) is 42.5 cm³/mol. The van der Waals surface area contributed by atoms with Gasteiger partial charge in [-0.05, 0) is 6.42 Å². The minimum absolute atomic E-state index is 0.526. The molecule has 4 heteroatoms. The first-order valence-electron chi connectivity index (χ1n) is 3.99. The van der Waals surface area contributed by atoms with Crippen LogP contribution in [0.2, 0.25) is 0 Å². The lowest BCUT2D eigenvalue weighted by atomic mass is 10.2. The maximum Gasteiger partial charge on any atom is 0.338 e. The van der Waals surface area contributed by atoms with Gasteiger partial charge in [-0.1, -0.05) is 26.2 Å². The van der Waals surface area contributed by atoms with Crippen molar-refractivity contribution in [2.45, 2.75) is 32.6 Å². The number of hydrogen-bond acceptors (Lipinski definition) is 2. The molecule has 0 radical (unpaired) electrons. The lowest BCUT2D eigenvalue weighted by molar-refractivity contribution is 0.161. The van der Waals surface area contributed by atoms with E-state index in [1.54, 1.807) is 0 Å². The van der Waals surface area contributed by atoms with E-state index in [0.717, 1.165) is 12.8 Å². The zero-order chi connectivity index (χ0) is 8.53. The molecule has 0 fully saturated rings. The topological polar surface area (TPSA) is 61.4 Å². The summed E-state index contributed by atoms with van der Waals surface area (Å²) in [6.45, 7) is 2.76. The highest BCUT2D eigenvalue weighted by molar-refractivity contribution is 5.72. The fourth-order valence-electron chi connectivity index (χ4n) is 0.793. The van der Waals surface area contributed by atoms with Crippen molar-refractivity contribution in [3.8, 4) is 0 Å². The quantitative estimate of drug-likeness (QED) is 0.322. The molecule has 0 aromatic carbocycles. The van der Waals surface area contributed by atoms with Gasteiger partial charge in [-0.25, -0.2) is 10.3 Å². The number of nitrogens with one attached hydrogen (secondary N) is 2. The van der Waals surface area contributed by atoms with Gasteiger partial charge >= 0.3 is 6.03 Å². The van der Waals surface area contributed by atoms with Crippen LogP contribution >= 0.6 is 0 Å². The van der Waals surface area contributed by atoms with E-state index in [4.69, 9.17) is 5.21 Å². The minimum Gasteiger partial charge on any atom is -0.336 e. The highest BCUT2D eigenvalue weighted by Gasteiger charge is 1.93. The van der Waals surface area contributed by atoms with Crippen LogP contribution in [0.1, 0.15) is 32.6 Å². The van der Waals surface area contributed by atoms with E-state index < -0.39 is 6.03 Å². The zero-order valence-electron chi connectivity index (χ0n) is 6.89. The molecule has 3 N–H and O–H groups in total. The highest BCUT2D eigenvalue weighted by atomic mass is 16.5. The van der Waals surface area contributed by atoms with Crippen LogP contribution in [-0.4, -0.2) is 17.8 Å². The number of hydroxylamine groups is 1. The van der Waals surface area contributed by atoms with E-state index in [9.17, 15) is 4.79 Å². The van der Waals surface area contributed by atoms with Crippen molar-refractivity contribution >= 4 is 6.03 Å². The molecule has 0 atom stereocenters. The van der Waals surface area contributed by atoms with E-state index in [2.05, 4.69) is 12.2 Å². The molecule has 0 rings (SSSR count). The van der Waals surface area contributed by atoms with Gasteiger partial charge in [0.15, 0.2) is 0 Å². The molecule has 0 saturated carbocycles. The molecule has 66 valence electrons. The highest BCUT2D eigenvalue weighted by Crippen LogP contribution is 1.96. The van der Waals surface area contributed by atoms with Crippen LogP contribution in [0, 0.1) is 0 Å². The Morgan fingerprint density at radius 1 is 1.36 bits per heavy atom. The summed E-state index contributed by atoms with van der Waals surface area (Å²) < 4.78 is 0. The Kier molecular flexibility index (Phi) is 6.82. The molecule has 0 saturated heterocycles. The second kappa shape index (κ2) is 7.34. The van der Waals surface area contributed by atoms with E-state index in [1.165, 1.54) is 18.3 Å². The van der Waals surface area contributed by atoms with Crippen molar-refractivity contribution < 1.29 is 10.0 Å². The molecule has 11 heavy (non-hydrogen) atoms. The van der Waals surface area contributed by atoms with Crippen molar-refractivity contribution in [3.05, 3.63) is 0 Å². The number of carbonyl (C=O) groups is 1. The standard InChI is InChI=1S/C7H16N2O2/c1-2-3-4-5-6-8-7(10)9-11/h11H,2-6H2,1H3,(H2,8,9,10). The van der Waals surface area contributed by atoms with Crippen LogP contribution < -0.4 is 10.8 Å². The monoisotopic (exact) mass is 160 g/mol. The SMILES string of the molecule is CCCCCCNC(=O)NO. The van der Waals surface area contributed by atoms with Gasteiger partial charge in [-0.3, -0.25) is 5.21 Å². The van der Waals surface area contributed by atoms with Crippen molar-refractivity contribution in [1.82, 2.24) is 10.8 Å². The fraction of sp³-hybridized carbons (Fsp3) is 0.857. The maximum atomic E-state index is 10.4. The summed E-state index contributed by atoms with van der Waals surface area (Å²) in [4.78, 5) is 10.4. The molecular weight excluding hydrogens is 144 g/mol. The molecule has 0 aliphatic carbocycles. The smallest absolute Gasteiger partial charge is 0.336 e. The molecule has 4 nitrogen and oxygen atoms in total. The maximum absolute atomic E-state index is 10.4. The Labute approximate surface area is 66.9 Å². The Bertz CT molecular complexity index is 107. The van der Waals surface area contributed by atoms with Gasteiger partial charge in [0.1, 0.15) is 0 Å². The second-order valence-electron chi connectivity index (χ2n) is 2.43. The largest absolute Gasteiger partial charge is 0.338 e. The van der Waals surface area contributed by atoms with Crippen molar-refractivity contribution in [2.24, 2.45) is 0 Å². The molecule has 2 amide bonds. The molecule has 0 spiro atoms. The Balaban J connectivity index is 2.95. The van der Waals surface area contributed by atoms with Crippen LogP contribution in [0.4, 0.5) is 4.79 Å². The molecular formula is C7H16N2O2. The van der Waals surface area contributed by atoms with E-state index in [0.29, 0.717) is 6.54 Å². The number of rotatable bonds is 5. The van der Waals surface area contributed by atoms with Crippen LogP contribution in [0.15, 0.2) is 0 Å². The minimum atomic E-state index is -0.526. The number of unbranched alkanes of at least 4 members (excludes halogenated alkanes) is 3. The summed E-state index contributed by atoms with van der Waals surface area (Å²) in [5.41, 5.74) is 1.51. The Morgan fingerprint density at radius 2 is 2.09 bits per heavy atom. The first kappa shape index (κ1) is 10.2. The third kappa shape index (κ3) is 7.12. The summed E-state index contributed by atoms with van der Waals surface area (Å²) in [6, 6.07) is -0.526. The molecule has 0 heterocycles. The van der Waals surface area contributed by atoms with Crippen LogP contribution in [0.25, 0.3) is 0 Å². The van der Waals surface area contributed by atoms with E-state index in [-0.39, 0.29) is 0 Å². The normalized spacial score (nSPS) is 9.27. The first-order valence-corrected chi connectivity index (χ1v) is 3.99. The van der Waals surface area contributed by atoms with Crippen molar-refractivity contribution in [2.75, 3.05) is 6.54 Å². The van der Waals surface area contributed by atoms with Gasteiger partial charge in [-0.2, -0.15) is 0 Å². The molecule has 0 aromatic heterocycles. The third-order valence-corrected chi connectivity index (χ3v) is 1.42. The summed E-state index contributed by atoms with van der Waals surface area (Å²) in [6.07, 6.45) is 4.48. The van der Waals surface area contributed by atoms with Gasteiger partial charge in [-0.15, -0.1) is 0 Å². The van der Waals surface area contributed by atoms with Gasteiger partial charge in [0, 0.05) is 6.54 Å². The number of carbonyl (C=O) groups excluding carboxylic acids is 1. The third-order valence-electron chi connectivity index (χ3n) is 1.42. The van der Waals surface area contributed by atoms with Gasteiger partial charge in [0.2, 0.25) is 0 Å². The summed E-state index contributed by atoms with van der Waals surface area (Å²) in [5, 5.41) is 10.6. The molecule has 0 aliphatic rings. The van der Waals surface area contributed by atoms with E-state index in [1.807, 2.05) is 0 Å². The van der Waals surface area contributed by atoms with E-state index >= 15 is 0 Å². The summed E-state index contributed by atoms with van der Waals surface area (Å²) in [7, 11) is 0.